The predicted octanol–water partition coefficient (Wildman–Crippen LogP) is 4.08. The van der Waals surface area contributed by atoms with Gasteiger partial charge < -0.3 is 20.1 Å². The van der Waals surface area contributed by atoms with Gasteiger partial charge in [-0.25, -0.2) is 4.79 Å². The van der Waals surface area contributed by atoms with Gasteiger partial charge in [0.15, 0.2) is 0 Å². The fourth-order valence-corrected chi connectivity index (χ4v) is 4.72. The predicted molar refractivity (Wildman–Crippen MR) is 124 cm³/mol. The maximum absolute atomic E-state index is 12.9. The first kappa shape index (κ1) is 21.9. The minimum atomic E-state index is -0.794. The molecule has 0 bridgehead atoms. The number of urea groups is 1. The number of nitrogens with zero attached hydrogens (tertiary/aromatic N) is 2. The van der Waals surface area contributed by atoms with Crippen LogP contribution < -0.4 is 10.1 Å². The highest BCUT2D eigenvalue weighted by Crippen LogP contribution is 2.33. The van der Waals surface area contributed by atoms with Gasteiger partial charge in [0, 0.05) is 37.5 Å². The largest absolute Gasteiger partial charge is 0.497 e. The van der Waals surface area contributed by atoms with Crippen LogP contribution in [0.2, 0.25) is 0 Å². The van der Waals surface area contributed by atoms with Gasteiger partial charge in [-0.15, -0.1) is 0 Å². The Morgan fingerprint density at radius 3 is 2.75 bits per heavy atom. The molecule has 0 spiro atoms. The van der Waals surface area contributed by atoms with Crippen molar-refractivity contribution in [3.8, 4) is 5.75 Å². The SMILES string of the molecule is COc1ccc2c(c1)CCN=C2CC1CN(C(=O)Nc2ccccc2)CCC1CC(=O)O. The van der Waals surface area contributed by atoms with Crippen molar-refractivity contribution in [2.24, 2.45) is 16.8 Å². The minimum absolute atomic E-state index is 0.0135. The third kappa shape index (κ3) is 5.10. The number of aliphatic imine (C=N–C) groups is 1. The van der Waals surface area contributed by atoms with E-state index in [-0.39, 0.29) is 24.3 Å². The molecule has 2 aromatic rings. The molecule has 0 aliphatic carbocycles. The smallest absolute Gasteiger partial charge is 0.321 e. The highest BCUT2D eigenvalue weighted by Gasteiger charge is 2.34. The molecule has 2 amide bonds. The van der Waals surface area contributed by atoms with E-state index in [1.165, 1.54) is 5.56 Å². The molecule has 0 saturated carbocycles. The van der Waals surface area contributed by atoms with E-state index in [1.807, 2.05) is 42.5 Å². The van der Waals surface area contributed by atoms with Gasteiger partial charge in [-0.1, -0.05) is 18.2 Å². The monoisotopic (exact) mass is 435 g/mol. The molecule has 2 aromatic carbocycles. The molecular formula is C25H29N3O4. The molecule has 2 atom stereocenters. The van der Waals surface area contributed by atoms with Gasteiger partial charge in [-0.3, -0.25) is 9.79 Å². The third-order valence-electron chi connectivity index (χ3n) is 6.40. The molecule has 4 rings (SSSR count). The number of hydrogen-bond donors (Lipinski definition) is 2. The molecule has 168 valence electrons. The lowest BCUT2D eigenvalue weighted by atomic mass is 9.78. The van der Waals surface area contributed by atoms with Crippen molar-refractivity contribution in [2.75, 3.05) is 32.1 Å². The first-order chi connectivity index (χ1) is 15.5. The van der Waals surface area contributed by atoms with E-state index in [1.54, 1.807) is 12.0 Å². The van der Waals surface area contributed by atoms with Gasteiger partial charge in [0.1, 0.15) is 5.75 Å². The second-order valence-corrected chi connectivity index (χ2v) is 8.45. The van der Waals surface area contributed by atoms with E-state index >= 15 is 0 Å². The molecule has 2 unspecified atom stereocenters. The fourth-order valence-electron chi connectivity index (χ4n) is 4.72. The molecule has 0 radical (unpaired) electrons. The van der Waals surface area contributed by atoms with Crippen molar-refractivity contribution in [3.63, 3.8) is 0 Å². The number of fused-ring (bicyclic) bond motifs is 1. The Labute approximate surface area is 188 Å². The molecule has 32 heavy (non-hydrogen) atoms. The molecular weight excluding hydrogens is 406 g/mol. The van der Waals surface area contributed by atoms with E-state index in [0.717, 1.165) is 29.1 Å². The van der Waals surface area contributed by atoms with Crippen molar-refractivity contribution in [1.29, 1.82) is 0 Å². The summed E-state index contributed by atoms with van der Waals surface area (Å²) in [6.45, 7) is 1.78. The Balaban J connectivity index is 1.50. The minimum Gasteiger partial charge on any atom is -0.497 e. The second-order valence-electron chi connectivity index (χ2n) is 8.45. The van der Waals surface area contributed by atoms with Crippen LogP contribution in [-0.4, -0.2) is 54.5 Å². The quantitative estimate of drug-likeness (QED) is 0.715. The van der Waals surface area contributed by atoms with Crippen LogP contribution in [-0.2, 0) is 11.2 Å². The Bertz CT molecular complexity index is 1010. The van der Waals surface area contributed by atoms with E-state index < -0.39 is 5.97 Å². The van der Waals surface area contributed by atoms with Crippen molar-refractivity contribution < 1.29 is 19.4 Å². The lowest BCUT2D eigenvalue weighted by molar-refractivity contribution is -0.138. The number of nitrogens with one attached hydrogen (secondary N) is 1. The summed E-state index contributed by atoms with van der Waals surface area (Å²) < 4.78 is 5.36. The molecule has 2 heterocycles. The fraction of sp³-hybridized carbons (Fsp3) is 0.400. The van der Waals surface area contributed by atoms with Gasteiger partial charge >= 0.3 is 12.0 Å². The van der Waals surface area contributed by atoms with Crippen LogP contribution in [0, 0.1) is 11.8 Å². The molecule has 2 aliphatic heterocycles. The van der Waals surface area contributed by atoms with E-state index in [4.69, 9.17) is 9.73 Å². The maximum atomic E-state index is 12.9. The van der Waals surface area contributed by atoms with Crippen molar-refractivity contribution >= 4 is 23.4 Å². The van der Waals surface area contributed by atoms with Crippen LogP contribution in [0.25, 0.3) is 0 Å². The number of rotatable bonds is 6. The number of likely N-dealkylation sites (tertiary alicyclic amines) is 1. The van der Waals surface area contributed by atoms with Crippen LogP contribution in [0.3, 0.4) is 0 Å². The van der Waals surface area contributed by atoms with Crippen LogP contribution >= 0.6 is 0 Å². The van der Waals surface area contributed by atoms with Gasteiger partial charge in [0.05, 0.1) is 7.11 Å². The van der Waals surface area contributed by atoms with Gasteiger partial charge in [0.25, 0.3) is 0 Å². The lowest BCUT2D eigenvalue weighted by Crippen LogP contribution is -2.46. The average Bonchev–Trinajstić information content (AvgIpc) is 2.80. The number of hydrogen-bond acceptors (Lipinski definition) is 4. The number of carbonyl (C=O) groups excluding carboxylic acids is 1. The van der Waals surface area contributed by atoms with Gasteiger partial charge in [-0.05, 0) is 72.6 Å². The molecule has 2 N–H and O–H groups in total. The Kier molecular flexibility index (Phi) is 6.73. The number of carboxylic acids is 1. The van der Waals surface area contributed by atoms with Crippen molar-refractivity contribution in [2.45, 2.75) is 25.7 Å². The zero-order valence-corrected chi connectivity index (χ0v) is 18.3. The number of anilines is 1. The number of methoxy groups -OCH3 is 1. The highest BCUT2D eigenvalue weighted by molar-refractivity contribution is 6.03. The highest BCUT2D eigenvalue weighted by atomic mass is 16.5. The van der Waals surface area contributed by atoms with E-state index in [0.29, 0.717) is 32.5 Å². The van der Waals surface area contributed by atoms with Gasteiger partial charge in [-0.2, -0.15) is 0 Å². The first-order valence-corrected chi connectivity index (χ1v) is 11.1. The summed E-state index contributed by atoms with van der Waals surface area (Å²) in [4.78, 5) is 30.9. The number of aliphatic carboxylic acids is 1. The van der Waals surface area contributed by atoms with Crippen LogP contribution in [0.1, 0.15) is 30.4 Å². The van der Waals surface area contributed by atoms with Crippen LogP contribution in [0.4, 0.5) is 10.5 Å². The second kappa shape index (κ2) is 9.85. The summed E-state index contributed by atoms with van der Waals surface area (Å²) in [5.41, 5.74) is 4.07. The number of carbonyl (C=O) groups is 2. The number of para-hydroxylation sites is 1. The zero-order chi connectivity index (χ0) is 22.5. The summed E-state index contributed by atoms with van der Waals surface area (Å²) in [7, 11) is 1.66. The topological polar surface area (TPSA) is 91.2 Å². The van der Waals surface area contributed by atoms with Crippen molar-refractivity contribution in [1.82, 2.24) is 4.90 Å². The standard InChI is InChI=1S/C25H29N3O4/c1-32-21-7-8-22-18(13-21)9-11-26-23(22)14-19-16-28(12-10-17(19)15-24(29)30)25(31)27-20-5-3-2-4-6-20/h2-8,13,17,19H,9-12,14-16H2,1H3,(H,27,31)(H,29,30). The summed E-state index contributed by atoms with van der Waals surface area (Å²) in [6.07, 6.45) is 2.31. The third-order valence-corrected chi connectivity index (χ3v) is 6.40. The van der Waals surface area contributed by atoms with Gasteiger partial charge in [0.2, 0.25) is 0 Å². The first-order valence-electron chi connectivity index (χ1n) is 11.1. The van der Waals surface area contributed by atoms with Crippen LogP contribution in [0.15, 0.2) is 53.5 Å². The molecule has 0 aromatic heterocycles. The number of ether oxygens (including phenoxy) is 1. The molecule has 2 aliphatic rings. The number of benzene rings is 2. The Hall–Kier alpha value is -3.35. The number of piperidine rings is 1. The summed E-state index contributed by atoms with van der Waals surface area (Å²) in [5.74, 6) is 0.0841. The molecule has 7 nitrogen and oxygen atoms in total. The Morgan fingerprint density at radius 2 is 2.00 bits per heavy atom. The van der Waals surface area contributed by atoms with E-state index in [9.17, 15) is 14.7 Å². The summed E-state index contributed by atoms with van der Waals surface area (Å²) >= 11 is 0. The molecule has 1 saturated heterocycles. The maximum Gasteiger partial charge on any atom is 0.321 e. The van der Waals surface area contributed by atoms with Crippen LogP contribution in [0.5, 0.6) is 5.75 Å². The number of amides is 2. The lowest BCUT2D eigenvalue weighted by Gasteiger charge is -2.38. The summed E-state index contributed by atoms with van der Waals surface area (Å²) in [5, 5.41) is 12.4. The Morgan fingerprint density at radius 1 is 1.19 bits per heavy atom. The molecule has 7 heteroatoms. The average molecular weight is 436 g/mol. The molecule has 1 fully saturated rings. The number of carboxylic acid groups (broad SMARTS) is 1. The van der Waals surface area contributed by atoms with Crippen molar-refractivity contribution in [3.05, 3.63) is 59.7 Å². The summed E-state index contributed by atoms with van der Waals surface area (Å²) in [6, 6.07) is 15.3. The normalized spacial score (nSPS) is 20.2. The zero-order valence-electron chi connectivity index (χ0n) is 18.3. The van der Waals surface area contributed by atoms with E-state index in [2.05, 4.69) is 11.4 Å².